The van der Waals surface area contributed by atoms with E-state index in [1.165, 1.54) is 18.2 Å². The topological polar surface area (TPSA) is 92.7 Å². The van der Waals surface area contributed by atoms with Gasteiger partial charge in [-0.05, 0) is 65.4 Å². The molecule has 0 aliphatic heterocycles. The summed E-state index contributed by atoms with van der Waals surface area (Å²) in [5.41, 5.74) is 1.04. The Kier molecular flexibility index (Phi) is 5.47. The first kappa shape index (κ1) is 17.5. The molecule has 0 unspecified atom stereocenters. The van der Waals surface area contributed by atoms with Gasteiger partial charge < -0.3 is 9.84 Å². The van der Waals surface area contributed by atoms with Crippen molar-refractivity contribution in [2.75, 3.05) is 11.3 Å². The van der Waals surface area contributed by atoms with Crippen molar-refractivity contribution < 1.29 is 23.1 Å². The number of sulfonamides is 1. The Morgan fingerprint density at radius 1 is 1.26 bits per heavy atom. The van der Waals surface area contributed by atoms with E-state index >= 15 is 0 Å². The standard InChI is InChI=1S/C15H14INO5S/c1-10-8-11(6-7-14(10)22-9-15(18)19)23(20,21)17-13-5-3-2-4-12(13)16/h2-8,17H,9H2,1H3,(H,18,19). The second kappa shape index (κ2) is 7.18. The van der Waals surface area contributed by atoms with Gasteiger partial charge in [0.05, 0.1) is 10.6 Å². The number of benzene rings is 2. The van der Waals surface area contributed by atoms with Crippen molar-refractivity contribution in [3.05, 3.63) is 51.6 Å². The number of anilines is 1. The molecule has 6 nitrogen and oxygen atoms in total. The highest BCUT2D eigenvalue weighted by atomic mass is 127. The SMILES string of the molecule is Cc1cc(S(=O)(=O)Nc2ccccc2I)ccc1OCC(=O)O. The maximum absolute atomic E-state index is 12.4. The third-order valence-electron chi connectivity index (χ3n) is 2.93. The molecular weight excluding hydrogens is 433 g/mol. The molecule has 0 amide bonds. The fourth-order valence-electron chi connectivity index (χ4n) is 1.84. The van der Waals surface area contributed by atoms with Gasteiger partial charge in [-0.1, -0.05) is 12.1 Å². The maximum Gasteiger partial charge on any atom is 0.341 e. The number of carboxylic acid groups (broad SMARTS) is 1. The van der Waals surface area contributed by atoms with Gasteiger partial charge in [-0.3, -0.25) is 4.72 Å². The molecular formula is C15H14INO5S. The van der Waals surface area contributed by atoms with E-state index in [9.17, 15) is 13.2 Å². The molecule has 0 atom stereocenters. The number of carbonyl (C=O) groups is 1. The largest absolute Gasteiger partial charge is 0.482 e. The van der Waals surface area contributed by atoms with Crippen LogP contribution in [0.25, 0.3) is 0 Å². The van der Waals surface area contributed by atoms with Crippen molar-refractivity contribution in [2.45, 2.75) is 11.8 Å². The first-order valence-corrected chi connectivity index (χ1v) is 9.08. The number of para-hydroxylation sites is 1. The van der Waals surface area contributed by atoms with Crippen LogP contribution in [0.15, 0.2) is 47.4 Å². The van der Waals surface area contributed by atoms with Gasteiger partial charge in [-0.25, -0.2) is 13.2 Å². The van der Waals surface area contributed by atoms with Gasteiger partial charge in [-0.15, -0.1) is 0 Å². The molecule has 0 aliphatic rings. The molecule has 0 saturated carbocycles. The molecule has 0 fully saturated rings. The zero-order valence-corrected chi connectivity index (χ0v) is 15.1. The Morgan fingerprint density at radius 3 is 2.57 bits per heavy atom. The summed E-state index contributed by atoms with van der Waals surface area (Å²) in [6, 6.07) is 11.3. The number of rotatable bonds is 6. The summed E-state index contributed by atoms with van der Waals surface area (Å²) in [6.45, 7) is 1.18. The lowest BCUT2D eigenvalue weighted by atomic mass is 10.2. The van der Waals surface area contributed by atoms with Crippen LogP contribution in [-0.2, 0) is 14.8 Å². The number of carboxylic acids is 1. The summed E-state index contributed by atoms with van der Waals surface area (Å²) >= 11 is 2.05. The van der Waals surface area contributed by atoms with Crippen molar-refractivity contribution >= 4 is 44.3 Å². The van der Waals surface area contributed by atoms with E-state index in [0.29, 0.717) is 17.0 Å². The van der Waals surface area contributed by atoms with Crippen LogP contribution in [0.4, 0.5) is 5.69 Å². The lowest BCUT2D eigenvalue weighted by Crippen LogP contribution is -2.14. The number of nitrogens with one attached hydrogen (secondary N) is 1. The van der Waals surface area contributed by atoms with E-state index in [-0.39, 0.29) is 4.90 Å². The van der Waals surface area contributed by atoms with Gasteiger partial charge in [0, 0.05) is 3.57 Å². The quantitative estimate of drug-likeness (QED) is 0.665. The highest BCUT2D eigenvalue weighted by molar-refractivity contribution is 14.1. The third kappa shape index (κ3) is 4.58. The summed E-state index contributed by atoms with van der Waals surface area (Å²) in [6.07, 6.45) is 0. The molecule has 0 aromatic heterocycles. The van der Waals surface area contributed by atoms with E-state index < -0.39 is 22.6 Å². The molecule has 0 radical (unpaired) electrons. The predicted molar refractivity (Wildman–Crippen MR) is 94.3 cm³/mol. The van der Waals surface area contributed by atoms with Gasteiger partial charge in [0.1, 0.15) is 5.75 Å². The van der Waals surface area contributed by atoms with Gasteiger partial charge in [0.15, 0.2) is 6.61 Å². The molecule has 2 rings (SSSR count). The average Bonchev–Trinajstić information content (AvgIpc) is 2.48. The van der Waals surface area contributed by atoms with E-state index in [0.717, 1.165) is 3.57 Å². The Bertz CT molecular complexity index is 836. The molecule has 0 bridgehead atoms. The molecule has 8 heteroatoms. The number of ether oxygens (including phenoxy) is 1. The first-order valence-electron chi connectivity index (χ1n) is 6.52. The zero-order chi connectivity index (χ0) is 17.0. The number of aliphatic carboxylic acids is 1. The summed E-state index contributed by atoms with van der Waals surface area (Å²) in [4.78, 5) is 10.6. The minimum atomic E-state index is -3.73. The second-order valence-electron chi connectivity index (χ2n) is 4.70. The molecule has 122 valence electrons. The van der Waals surface area contributed by atoms with E-state index in [2.05, 4.69) is 4.72 Å². The number of halogens is 1. The summed E-state index contributed by atoms with van der Waals surface area (Å²) in [7, 11) is -3.73. The van der Waals surface area contributed by atoms with Crippen molar-refractivity contribution in [2.24, 2.45) is 0 Å². The van der Waals surface area contributed by atoms with E-state index in [1.54, 1.807) is 25.1 Å². The van der Waals surface area contributed by atoms with Gasteiger partial charge >= 0.3 is 5.97 Å². The predicted octanol–water partition coefficient (Wildman–Crippen LogP) is 2.86. The van der Waals surface area contributed by atoms with Crippen molar-refractivity contribution in [3.8, 4) is 5.75 Å². The Balaban J connectivity index is 2.25. The van der Waals surface area contributed by atoms with Crippen LogP contribution in [0.3, 0.4) is 0 Å². The smallest absolute Gasteiger partial charge is 0.341 e. The number of hydrogen-bond acceptors (Lipinski definition) is 4. The van der Waals surface area contributed by atoms with Crippen LogP contribution in [0.5, 0.6) is 5.75 Å². The Morgan fingerprint density at radius 2 is 1.96 bits per heavy atom. The second-order valence-corrected chi connectivity index (χ2v) is 7.54. The normalized spacial score (nSPS) is 11.0. The number of aryl methyl sites for hydroxylation is 1. The molecule has 0 saturated heterocycles. The third-order valence-corrected chi connectivity index (χ3v) is 5.23. The van der Waals surface area contributed by atoms with Crippen molar-refractivity contribution in [1.29, 1.82) is 0 Å². The van der Waals surface area contributed by atoms with Crippen LogP contribution in [0, 0.1) is 10.5 Å². The summed E-state index contributed by atoms with van der Waals surface area (Å²) in [5, 5.41) is 8.61. The molecule has 0 spiro atoms. The van der Waals surface area contributed by atoms with Gasteiger partial charge in [-0.2, -0.15) is 0 Å². The van der Waals surface area contributed by atoms with Crippen LogP contribution < -0.4 is 9.46 Å². The Hall–Kier alpha value is -1.81. The zero-order valence-electron chi connectivity index (χ0n) is 12.1. The van der Waals surface area contributed by atoms with Crippen LogP contribution in [-0.4, -0.2) is 26.1 Å². The maximum atomic E-state index is 12.4. The summed E-state index contributed by atoms with van der Waals surface area (Å²) < 4.78 is 33.3. The molecule has 23 heavy (non-hydrogen) atoms. The monoisotopic (exact) mass is 447 g/mol. The fraction of sp³-hybridized carbons (Fsp3) is 0.133. The Labute approximate surface area is 147 Å². The highest BCUT2D eigenvalue weighted by Crippen LogP contribution is 2.25. The molecule has 0 aliphatic carbocycles. The van der Waals surface area contributed by atoms with Crippen molar-refractivity contribution in [3.63, 3.8) is 0 Å². The lowest BCUT2D eigenvalue weighted by molar-refractivity contribution is -0.139. The summed E-state index contributed by atoms with van der Waals surface area (Å²) in [5.74, 6) is -0.762. The molecule has 2 aromatic carbocycles. The number of hydrogen-bond donors (Lipinski definition) is 2. The van der Waals surface area contributed by atoms with Crippen LogP contribution in [0.1, 0.15) is 5.56 Å². The molecule has 2 aromatic rings. The molecule has 2 N–H and O–H groups in total. The van der Waals surface area contributed by atoms with Gasteiger partial charge in [0.2, 0.25) is 0 Å². The van der Waals surface area contributed by atoms with Crippen LogP contribution in [0.2, 0.25) is 0 Å². The fourth-order valence-corrected chi connectivity index (χ4v) is 3.71. The minimum Gasteiger partial charge on any atom is -0.482 e. The van der Waals surface area contributed by atoms with Crippen molar-refractivity contribution in [1.82, 2.24) is 0 Å². The minimum absolute atomic E-state index is 0.0809. The van der Waals surface area contributed by atoms with E-state index in [1.807, 2.05) is 28.7 Å². The van der Waals surface area contributed by atoms with Gasteiger partial charge in [0.25, 0.3) is 10.0 Å². The first-order chi connectivity index (χ1) is 10.8. The lowest BCUT2D eigenvalue weighted by Gasteiger charge is -2.12. The average molecular weight is 447 g/mol. The molecule has 0 heterocycles. The van der Waals surface area contributed by atoms with E-state index in [4.69, 9.17) is 9.84 Å². The highest BCUT2D eigenvalue weighted by Gasteiger charge is 2.17. The van der Waals surface area contributed by atoms with Crippen LogP contribution >= 0.6 is 22.6 Å².